The van der Waals surface area contributed by atoms with E-state index in [1.807, 2.05) is 0 Å². The summed E-state index contributed by atoms with van der Waals surface area (Å²) in [5.74, 6) is -1.56. The van der Waals surface area contributed by atoms with E-state index in [9.17, 15) is 14.4 Å². The van der Waals surface area contributed by atoms with E-state index in [-0.39, 0.29) is 29.7 Å². The van der Waals surface area contributed by atoms with Gasteiger partial charge in [0, 0.05) is 6.04 Å². The van der Waals surface area contributed by atoms with Crippen molar-refractivity contribution in [1.29, 1.82) is 0 Å². The lowest BCUT2D eigenvalue weighted by molar-refractivity contribution is -0.115. The third kappa shape index (κ3) is 4.19. The van der Waals surface area contributed by atoms with E-state index in [0.29, 0.717) is 5.69 Å². The van der Waals surface area contributed by atoms with E-state index in [1.165, 1.54) is 13.2 Å². The number of nitrogens with zero attached hydrogens (tertiary/aromatic N) is 2. The molecular formula is C16H16N4O5. The summed E-state index contributed by atoms with van der Waals surface area (Å²) in [6.07, 6.45) is 1.68. The lowest BCUT2D eigenvalue weighted by Gasteiger charge is -2.08. The molecule has 1 heterocycles. The molecule has 0 unspecified atom stereocenters. The van der Waals surface area contributed by atoms with Crippen LogP contribution in [0.2, 0.25) is 0 Å². The van der Waals surface area contributed by atoms with Crippen LogP contribution in [0.5, 0.6) is 0 Å². The second kappa shape index (κ2) is 7.12. The number of nitrogens with one attached hydrogen (secondary N) is 2. The second-order valence-corrected chi connectivity index (χ2v) is 5.53. The van der Waals surface area contributed by atoms with Gasteiger partial charge in [-0.3, -0.25) is 9.59 Å². The number of carbonyl (C=O) groups is 3. The van der Waals surface area contributed by atoms with Crippen LogP contribution < -0.4 is 10.6 Å². The molecule has 9 heteroatoms. The van der Waals surface area contributed by atoms with E-state index in [4.69, 9.17) is 4.52 Å². The van der Waals surface area contributed by atoms with Crippen molar-refractivity contribution in [2.45, 2.75) is 25.3 Å². The normalized spacial score (nSPS) is 13.2. The molecule has 1 aromatic carbocycles. The summed E-state index contributed by atoms with van der Waals surface area (Å²) in [4.78, 5) is 39.5. The summed E-state index contributed by atoms with van der Waals surface area (Å²) in [6, 6.07) is 6.62. The molecule has 1 fully saturated rings. The van der Waals surface area contributed by atoms with Crippen LogP contribution in [0, 0.1) is 0 Å². The Labute approximate surface area is 142 Å². The Hall–Kier alpha value is -3.23. The van der Waals surface area contributed by atoms with Crippen LogP contribution in [-0.2, 0) is 16.0 Å². The molecule has 1 saturated carbocycles. The summed E-state index contributed by atoms with van der Waals surface area (Å²) in [7, 11) is 1.26. The summed E-state index contributed by atoms with van der Waals surface area (Å²) in [6.45, 7) is 0. The van der Waals surface area contributed by atoms with Crippen LogP contribution in [0.1, 0.15) is 39.7 Å². The standard InChI is InChI=1S/C16H16N4O5/c1-24-16(23)10-4-2-3-5-11(10)18-13(21)8-12-19-15(25-20-12)14(22)17-9-6-7-9/h2-5,9H,6-8H2,1H3,(H,17,22)(H,18,21). The molecule has 0 aliphatic heterocycles. The molecule has 2 amide bonds. The molecule has 1 aliphatic carbocycles. The zero-order valence-corrected chi connectivity index (χ0v) is 13.4. The first-order valence-electron chi connectivity index (χ1n) is 7.67. The Morgan fingerprint density at radius 1 is 1.28 bits per heavy atom. The number of para-hydroxylation sites is 1. The van der Waals surface area contributed by atoms with Gasteiger partial charge in [-0.1, -0.05) is 17.3 Å². The van der Waals surface area contributed by atoms with Crippen LogP contribution in [0.4, 0.5) is 5.69 Å². The molecule has 0 bridgehead atoms. The molecule has 0 saturated heterocycles. The quantitative estimate of drug-likeness (QED) is 0.747. The third-order valence-corrected chi connectivity index (χ3v) is 3.50. The molecule has 0 radical (unpaired) electrons. The fourth-order valence-corrected chi connectivity index (χ4v) is 2.11. The highest BCUT2D eigenvalue weighted by molar-refractivity contribution is 6.01. The van der Waals surface area contributed by atoms with Crippen molar-refractivity contribution in [3.05, 3.63) is 41.5 Å². The molecular weight excluding hydrogens is 328 g/mol. The van der Waals surface area contributed by atoms with Crippen LogP contribution >= 0.6 is 0 Å². The second-order valence-electron chi connectivity index (χ2n) is 5.53. The Kier molecular flexibility index (Phi) is 4.73. The third-order valence-electron chi connectivity index (χ3n) is 3.50. The highest BCUT2D eigenvalue weighted by atomic mass is 16.5. The van der Waals surface area contributed by atoms with E-state index >= 15 is 0 Å². The molecule has 25 heavy (non-hydrogen) atoms. The molecule has 0 atom stereocenters. The predicted molar refractivity (Wildman–Crippen MR) is 84.9 cm³/mol. The van der Waals surface area contributed by atoms with Crippen LogP contribution in [0.3, 0.4) is 0 Å². The average molecular weight is 344 g/mol. The molecule has 1 aromatic heterocycles. The molecule has 0 spiro atoms. The van der Waals surface area contributed by atoms with E-state index in [2.05, 4.69) is 25.5 Å². The van der Waals surface area contributed by atoms with Crippen molar-refractivity contribution in [3.63, 3.8) is 0 Å². The summed E-state index contributed by atoms with van der Waals surface area (Å²) < 4.78 is 9.53. The van der Waals surface area contributed by atoms with Gasteiger partial charge in [0.15, 0.2) is 5.82 Å². The number of benzene rings is 1. The number of aromatic nitrogens is 2. The minimum atomic E-state index is -0.561. The minimum absolute atomic E-state index is 0.0778. The maximum absolute atomic E-state index is 12.1. The number of carbonyl (C=O) groups excluding carboxylic acids is 3. The van der Waals surface area contributed by atoms with Gasteiger partial charge in [0.2, 0.25) is 5.91 Å². The van der Waals surface area contributed by atoms with Gasteiger partial charge in [-0.25, -0.2) is 4.79 Å². The minimum Gasteiger partial charge on any atom is -0.465 e. The number of esters is 1. The zero-order chi connectivity index (χ0) is 17.8. The van der Waals surface area contributed by atoms with Gasteiger partial charge in [-0.15, -0.1) is 0 Å². The van der Waals surface area contributed by atoms with E-state index in [0.717, 1.165) is 12.8 Å². The van der Waals surface area contributed by atoms with E-state index < -0.39 is 17.8 Å². The van der Waals surface area contributed by atoms with Gasteiger partial charge in [0.25, 0.3) is 0 Å². The van der Waals surface area contributed by atoms with Crippen molar-refractivity contribution >= 4 is 23.5 Å². The molecule has 3 rings (SSSR count). The number of amides is 2. The van der Waals surface area contributed by atoms with Crippen molar-refractivity contribution < 1.29 is 23.6 Å². The van der Waals surface area contributed by atoms with Gasteiger partial charge in [-0.05, 0) is 25.0 Å². The van der Waals surface area contributed by atoms with Crippen LogP contribution in [0.25, 0.3) is 0 Å². The van der Waals surface area contributed by atoms with Crippen molar-refractivity contribution in [2.75, 3.05) is 12.4 Å². The largest absolute Gasteiger partial charge is 0.465 e. The summed E-state index contributed by atoms with van der Waals surface area (Å²) in [5.41, 5.74) is 0.547. The summed E-state index contributed by atoms with van der Waals surface area (Å²) in [5, 5.41) is 8.93. The number of rotatable bonds is 6. The van der Waals surface area contributed by atoms with Gasteiger partial charge >= 0.3 is 17.8 Å². The average Bonchev–Trinajstić information content (AvgIpc) is 3.29. The Balaban J connectivity index is 1.62. The summed E-state index contributed by atoms with van der Waals surface area (Å²) >= 11 is 0. The van der Waals surface area contributed by atoms with Gasteiger partial charge in [-0.2, -0.15) is 4.98 Å². The molecule has 9 nitrogen and oxygen atoms in total. The number of anilines is 1. The zero-order valence-electron chi connectivity index (χ0n) is 13.4. The van der Waals surface area contributed by atoms with Crippen molar-refractivity contribution in [1.82, 2.24) is 15.5 Å². The van der Waals surface area contributed by atoms with Gasteiger partial charge < -0.3 is 19.9 Å². The van der Waals surface area contributed by atoms with Gasteiger partial charge in [0.1, 0.15) is 0 Å². The highest BCUT2D eigenvalue weighted by Gasteiger charge is 2.26. The topological polar surface area (TPSA) is 123 Å². The number of hydrogen-bond acceptors (Lipinski definition) is 7. The van der Waals surface area contributed by atoms with Crippen molar-refractivity contribution in [3.8, 4) is 0 Å². The first-order chi connectivity index (χ1) is 12.1. The Bertz CT molecular complexity index is 812. The molecule has 130 valence electrons. The fraction of sp³-hybridized carbons (Fsp3) is 0.312. The maximum atomic E-state index is 12.1. The monoisotopic (exact) mass is 344 g/mol. The highest BCUT2D eigenvalue weighted by Crippen LogP contribution is 2.19. The number of ether oxygens (including phenoxy) is 1. The van der Waals surface area contributed by atoms with E-state index in [1.54, 1.807) is 18.2 Å². The molecule has 2 N–H and O–H groups in total. The Morgan fingerprint density at radius 2 is 2.04 bits per heavy atom. The molecule has 1 aliphatic rings. The molecule has 2 aromatic rings. The smallest absolute Gasteiger partial charge is 0.339 e. The maximum Gasteiger partial charge on any atom is 0.339 e. The SMILES string of the molecule is COC(=O)c1ccccc1NC(=O)Cc1noc(C(=O)NC2CC2)n1. The number of hydrogen-bond donors (Lipinski definition) is 2. The fourth-order valence-electron chi connectivity index (χ4n) is 2.11. The lowest BCUT2D eigenvalue weighted by Crippen LogP contribution is -2.25. The Morgan fingerprint density at radius 3 is 2.76 bits per heavy atom. The number of methoxy groups -OCH3 is 1. The lowest BCUT2D eigenvalue weighted by atomic mass is 10.1. The first-order valence-corrected chi connectivity index (χ1v) is 7.67. The van der Waals surface area contributed by atoms with Crippen molar-refractivity contribution in [2.24, 2.45) is 0 Å². The predicted octanol–water partition coefficient (Wildman–Crippen LogP) is 0.930. The van der Waals surface area contributed by atoms with Crippen LogP contribution in [-0.4, -0.2) is 41.1 Å². The van der Waals surface area contributed by atoms with Gasteiger partial charge in [0.05, 0.1) is 24.8 Å². The first kappa shape index (κ1) is 16.6. The van der Waals surface area contributed by atoms with Crippen LogP contribution in [0.15, 0.2) is 28.8 Å².